The molecule has 6 heteroatoms. The van der Waals surface area contributed by atoms with Crippen LogP contribution in [0, 0.1) is 0 Å². The van der Waals surface area contributed by atoms with E-state index >= 15 is 0 Å². The van der Waals surface area contributed by atoms with Gasteiger partial charge in [0.05, 0.1) is 14.2 Å². The Kier molecular flexibility index (Phi) is 7.48. The number of ether oxygens (including phenoxy) is 2. The molecule has 1 aromatic carbocycles. The molecular weight excluding hydrogens is 304 g/mol. The number of nitrogens with zero attached hydrogens (tertiary/aromatic N) is 1. The van der Waals surface area contributed by atoms with E-state index in [0.717, 1.165) is 36.7 Å². The number of rotatable bonds is 5. The van der Waals surface area contributed by atoms with E-state index in [2.05, 4.69) is 12.2 Å². The van der Waals surface area contributed by atoms with Crippen molar-refractivity contribution in [1.82, 2.24) is 10.2 Å². The number of benzene rings is 1. The monoisotopic (exact) mass is 328 g/mol. The van der Waals surface area contributed by atoms with Crippen LogP contribution in [0.1, 0.15) is 18.9 Å². The van der Waals surface area contributed by atoms with E-state index in [4.69, 9.17) is 9.47 Å². The molecule has 0 aliphatic carbocycles. The van der Waals surface area contributed by atoms with E-state index in [-0.39, 0.29) is 24.4 Å². The number of carbonyl (C=O) groups is 1. The van der Waals surface area contributed by atoms with Crippen LogP contribution in [0.3, 0.4) is 0 Å². The van der Waals surface area contributed by atoms with Gasteiger partial charge in [0.1, 0.15) is 11.5 Å². The second-order valence-corrected chi connectivity index (χ2v) is 5.36. The van der Waals surface area contributed by atoms with Gasteiger partial charge in [-0.1, -0.05) is 0 Å². The van der Waals surface area contributed by atoms with E-state index in [9.17, 15) is 4.79 Å². The molecule has 22 heavy (non-hydrogen) atoms. The average Bonchev–Trinajstić information content (AvgIpc) is 2.52. The molecule has 1 N–H and O–H groups in total. The van der Waals surface area contributed by atoms with Gasteiger partial charge in [0, 0.05) is 38.2 Å². The van der Waals surface area contributed by atoms with Crippen molar-refractivity contribution in [1.29, 1.82) is 0 Å². The third-order valence-electron chi connectivity index (χ3n) is 3.86. The maximum atomic E-state index is 12.3. The highest BCUT2D eigenvalue weighted by atomic mass is 35.5. The predicted molar refractivity (Wildman–Crippen MR) is 89.2 cm³/mol. The first-order valence-corrected chi connectivity index (χ1v) is 7.36. The Morgan fingerprint density at radius 3 is 2.45 bits per heavy atom. The fourth-order valence-corrected chi connectivity index (χ4v) is 2.62. The van der Waals surface area contributed by atoms with Gasteiger partial charge in [-0.15, -0.1) is 12.4 Å². The van der Waals surface area contributed by atoms with Gasteiger partial charge in [0.2, 0.25) is 5.91 Å². The van der Waals surface area contributed by atoms with Crippen molar-refractivity contribution < 1.29 is 14.3 Å². The number of nitrogens with one attached hydrogen (secondary N) is 1. The molecule has 1 saturated heterocycles. The van der Waals surface area contributed by atoms with Crippen LogP contribution < -0.4 is 14.8 Å². The lowest BCUT2D eigenvalue weighted by molar-refractivity contribution is -0.133. The number of piperazine rings is 1. The van der Waals surface area contributed by atoms with Crippen LogP contribution in [-0.2, 0) is 11.2 Å². The molecular formula is C16H25ClN2O3. The molecule has 124 valence electrons. The van der Waals surface area contributed by atoms with E-state index in [1.54, 1.807) is 14.2 Å². The minimum atomic E-state index is 0. The summed E-state index contributed by atoms with van der Waals surface area (Å²) in [6.45, 7) is 4.63. The normalized spacial score (nSPS) is 17.6. The van der Waals surface area contributed by atoms with E-state index in [1.807, 2.05) is 23.1 Å². The van der Waals surface area contributed by atoms with Crippen molar-refractivity contribution in [3.8, 4) is 11.5 Å². The molecule has 1 amide bonds. The molecule has 2 rings (SSSR count). The van der Waals surface area contributed by atoms with Crippen molar-refractivity contribution in [2.24, 2.45) is 0 Å². The van der Waals surface area contributed by atoms with E-state index in [0.29, 0.717) is 12.8 Å². The molecule has 0 spiro atoms. The van der Waals surface area contributed by atoms with Crippen LogP contribution in [-0.4, -0.2) is 50.7 Å². The number of methoxy groups -OCH3 is 2. The lowest BCUT2D eigenvalue weighted by atomic mass is 10.1. The lowest BCUT2D eigenvalue weighted by Gasteiger charge is -2.34. The van der Waals surface area contributed by atoms with E-state index < -0.39 is 0 Å². The topological polar surface area (TPSA) is 50.8 Å². The number of carbonyl (C=O) groups excluding carboxylic acids is 1. The van der Waals surface area contributed by atoms with Gasteiger partial charge in [0.15, 0.2) is 0 Å². The zero-order valence-electron chi connectivity index (χ0n) is 13.4. The maximum absolute atomic E-state index is 12.3. The first-order chi connectivity index (χ1) is 10.1. The molecule has 1 aliphatic heterocycles. The van der Waals surface area contributed by atoms with Gasteiger partial charge in [-0.05, 0) is 31.0 Å². The minimum absolute atomic E-state index is 0. The Morgan fingerprint density at radius 2 is 1.91 bits per heavy atom. The number of amides is 1. The standard InChI is InChI=1S/C16H24N2O3.ClH/c1-12-11-17-6-7-18(12)16(19)5-4-13-8-14(20-2)10-15(9-13)21-3;/h8-10,12,17H,4-7,11H2,1-3H3;1H/t12-;/m0./s1. The molecule has 0 bridgehead atoms. The van der Waals surface area contributed by atoms with Gasteiger partial charge in [-0.25, -0.2) is 0 Å². The van der Waals surface area contributed by atoms with Crippen LogP contribution in [0.2, 0.25) is 0 Å². The van der Waals surface area contributed by atoms with Crippen LogP contribution in [0.5, 0.6) is 11.5 Å². The van der Waals surface area contributed by atoms with Crippen LogP contribution in [0.4, 0.5) is 0 Å². The van der Waals surface area contributed by atoms with Gasteiger partial charge in [-0.3, -0.25) is 4.79 Å². The predicted octanol–water partition coefficient (Wildman–Crippen LogP) is 1.88. The highest BCUT2D eigenvalue weighted by Crippen LogP contribution is 2.23. The summed E-state index contributed by atoms with van der Waals surface area (Å²) in [5.74, 6) is 1.73. The quantitative estimate of drug-likeness (QED) is 0.896. The third-order valence-corrected chi connectivity index (χ3v) is 3.86. The van der Waals surface area contributed by atoms with Crippen LogP contribution in [0.25, 0.3) is 0 Å². The van der Waals surface area contributed by atoms with E-state index in [1.165, 1.54) is 0 Å². The van der Waals surface area contributed by atoms with Crippen molar-refractivity contribution in [2.75, 3.05) is 33.9 Å². The Morgan fingerprint density at radius 1 is 1.27 bits per heavy atom. The molecule has 5 nitrogen and oxygen atoms in total. The van der Waals surface area contributed by atoms with Crippen molar-refractivity contribution in [3.63, 3.8) is 0 Å². The highest BCUT2D eigenvalue weighted by Gasteiger charge is 2.22. The summed E-state index contributed by atoms with van der Waals surface area (Å²) >= 11 is 0. The summed E-state index contributed by atoms with van der Waals surface area (Å²) in [5, 5.41) is 3.30. The number of hydrogen-bond acceptors (Lipinski definition) is 4. The second kappa shape index (κ2) is 8.86. The second-order valence-electron chi connectivity index (χ2n) is 5.36. The summed E-state index contributed by atoms with van der Waals surface area (Å²) < 4.78 is 10.5. The number of aryl methyl sites for hydroxylation is 1. The Bertz CT molecular complexity index is 474. The average molecular weight is 329 g/mol. The number of halogens is 1. The van der Waals surface area contributed by atoms with Gasteiger partial charge < -0.3 is 19.7 Å². The van der Waals surface area contributed by atoms with Gasteiger partial charge in [0.25, 0.3) is 0 Å². The van der Waals surface area contributed by atoms with Crippen LogP contribution >= 0.6 is 12.4 Å². The molecule has 0 aromatic heterocycles. The highest BCUT2D eigenvalue weighted by molar-refractivity contribution is 5.85. The Labute approximate surface area is 138 Å². The summed E-state index contributed by atoms with van der Waals surface area (Å²) in [5.41, 5.74) is 1.06. The Balaban J connectivity index is 0.00000242. The summed E-state index contributed by atoms with van der Waals surface area (Å²) in [4.78, 5) is 14.3. The summed E-state index contributed by atoms with van der Waals surface area (Å²) in [6.07, 6.45) is 1.21. The largest absolute Gasteiger partial charge is 0.497 e. The lowest BCUT2D eigenvalue weighted by Crippen LogP contribution is -2.52. The first-order valence-electron chi connectivity index (χ1n) is 7.36. The minimum Gasteiger partial charge on any atom is -0.497 e. The SMILES string of the molecule is COc1cc(CCC(=O)N2CCNC[C@@H]2C)cc(OC)c1.Cl. The van der Waals surface area contributed by atoms with Crippen LogP contribution in [0.15, 0.2) is 18.2 Å². The molecule has 1 fully saturated rings. The third kappa shape index (κ3) is 4.78. The molecule has 1 atom stereocenters. The molecule has 1 heterocycles. The first kappa shape index (κ1) is 18.6. The van der Waals surface area contributed by atoms with Crippen molar-refractivity contribution in [3.05, 3.63) is 23.8 Å². The molecule has 0 radical (unpaired) electrons. The summed E-state index contributed by atoms with van der Waals surface area (Å²) in [6, 6.07) is 6.02. The molecule has 0 saturated carbocycles. The molecule has 1 aromatic rings. The van der Waals surface area contributed by atoms with Crippen molar-refractivity contribution in [2.45, 2.75) is 25.8 Å². The number of hydrogen-bond donors (Lipinski definition) is 1. The smallest absolute Gasteiger partial charge is 0.223 e. The van der Waals surface area contributed by atoms with Crippen molar-refractivity contribution >= 4 is 18.3 Å². The fourth-order valence-electron chi connectivity index (χ4n) is 2.62. The maximum Gasteiger partial charge on any atom is 0.223 e. The zero-order chi connectivity index (χ0) is 15.2. The van der Waals surface area contributed by atoms with Gasteiger partial charge in [-0.2, -0.15) is 0 Å². The van der Waals surface area contributed by atoms with Gasteiger partial charge >= 0.3 is 0 Å². The molecule has 1 aliphatic rings. The zero-order valence-corrected chi connectivity index (χ0v) is 14.2. The summed E-state index contributed by atoms with van der Waals surface area (Å²) in [7, 11) is 3.26. The molecule has 0 unspecified atom stereocenters. The Hall–Kier alpha value is -1.46. The fraction of sp³-hybridized carbons (Fsp3) is 0.562.